The van der Waals surface area contributed by atoms with Crippen LogP contribution in [0, 0.1) is 5.92 Å². The summed E-state index contributed by atoms with van der Waals surface area (Å²) < 4.78 is 19.0. The maximum absolute atomic E-state index is 11.8. The Kier molecular flexibility index (Phi) is 9.31. The van der Waals surface area contributed by atoms with Crippen LogP contribution >= 0.6 is 0 Å². The highest BCUT2D eigenvalue weighted by Crippen LogP contribution is 2.07. The van der Waals surface area contributed by atoms with Crippen molar-refractivity contribution in [1.29, 1.82) is 0 Å². The van der Waals surface area contributed by atoms with Crippen molar-refractivity contribution < 1.29 is 48.0 Å². The second-order valence-electron chi connectivity index (χ2n) is 5.81. The van der Waals surface area contributed by atoms with Crippen molar-refractivity contribution >= 4 is 29.8 Å². The number of carbonyl (C=O) groups excluding carboxylic acids is 4. The molecule has 0 bridgehead atoms. The summed E-state index contributed by atoms with van der Waals surface area (Å²) in [4.78, 5) is 57.3. The molecule has 0 saturated carbocycles. The molecule has 4 atom stereocenters. The highest BCUT2D eigenvalue weighted by molar-refractivity contribution is 5.85. The molecule has 1 N–H and O–H groups in total. The highest BCUT2D eigenvalue weighted by atomic mass is 16.6. The minimum atomic E-state index is -1.41. The molecule has 0 radical (unpaired) electrons. The highest BCUT2D eigenvalue weighted by Gasteiger charge is 2.29. The fraction of sp³-hybridized carbons (Fsp3) is 0.688. The second-order valence-corrected chi connectivity index (χ2v) is 5.81. The molecule has 0 unspecified atom stereocenters. The lowest BCUT2D eigenvalue weighted by Gasteiger charge is -2.19. The number of hydrogen-bond acceptors (Lipinski definition) is 9. The van der Waals surface area contributed by atoms with Crippen LogP contribution in [-0.4, -0.2) is 59.4 Å². The Bertz CT molecular complexity index is 553. The minimum Gasteiger partial charge on any atom is -0.479 e. The van der Waals surface area contributed by atoms with Gasteiger partial charge in [0.05, 0.1) is 5.92 Å². The van der Waals surface area contributed by atoms with Gasteiger partial charge in [0.1, 0.15) is 0 Å². The van der Waals surface area contributed by atoms with E-state index < -0.39 is 60.2 Å². The maximum Gasteiger partial charge on any atom is 0.347 e. The van der Waals surface area contributed by atoms with Crippen molar-refractivity contribution in [2.75, 3.05) is 0 Å². The van der Waals surface area contributed by atoms with Crippen LogP contribution in [0.4, 0.5) is 0 Å². The van der Waals surface area contributed by atoms with Crippen LogP contribution in [0.1, 0.15) is 41.5 Å². The van der Waals surface area contributed by atoms with Crippen LogP contribution in [0.15, 0.2) is 0 Å². The van der Waals surface area contributed by atoms with Gasteiger partial charge in [-0.1, -0.05) is 13.8 Å². The van der Waals surface area contributed by atoms with Crippen molar-refractivity contribution in [2.24, 2.45) is 5.92 Å². The number of esters is 4. The molecule has 0 aliphatic heterocycles. The molecule has 0 fully saturated rings. The Balaban J connectivity index is 4.54. The van der Waals surface area contributed by atoms with Crippen LogP contribution in [0.25, 0.3) is 0 Å². The summed E-state index contributed by atoms with van der Waals surface area (Å²) in [5, 5.41) is 8.65. The first-order valence-corrected chi connectivity index (χ1v) is 7.91. The summed E-state index contributed by atoms with van der Waals surface area (Å²) in [5.41, 5.74) is 0. The molecule has 0 heterocycles. The Morgan fingerprint density at radius 3 is 1.08 bits per heavy atom. The van der Waals surface area contributed by atoms with E-state index in [0.717, 1.165) is 6.92 Å². The maximum atomic E-state index is 11.8. The van der Waals surface area contributed by atoms with E-state index in [0.29, 0.717) is 0 Å². The molecule has 0 rings (SSSR count). The van der Waals surface area contributed by atoms with Crippen molar-refractivity contribution in [2.45, 2.75) is 66.0 Å². The Morgan fingerprint density at radius 2 is 0.808 bits per heavy atom. The van der Waals surface area contributed by atoms with Gasteiger partial charge in [0.2, 0.25) is 0 Å². The lowest BCUT2D eigenvalue weighted by Crippen LogP contribution is -2.37. The van der Waals surface area contributed by atoms with Gasteiger partial charge in [0.15, 0.2) is 24.4 Å². The van der Waals surface area contributed by atoms with Crippen LogP contribution in [0.3, 0.4) is 0 Å². The van der Waals surface area contributed by atoms with Gasteiger partial charge in [0.25, 0.3) is 0 Å². The first kappa shape index (κ1) is 23.4. The molecule has 148 valence electrons. The number of ether oxygens (including phenoxy) is 4. The third-order valence-corrected chi connectivity index (χ3v) is 2.99. The molecule has 0 saturated heterocycles. The van der Waals surface area contributed by atoms with Crippen molar-refractivity contribution in [3.63, 3.8) is 0 Å². The summed E-state index contributed by atoms with van der Waals surface area (Å²) in [7, 11) is 0. The van der Waals surface area contributed by atoms with E-state index in [1.165, 1.54) is 20.8 Å². The standard InChI is InChI=1S/C16H24O10/c1-7(2)13(19)24-9(4)15(21)26-11(6)16(22)25-10(5)14(20)23-8(3)12(17)18/h7-11H,1-6H3,(H,17,18)/t8-,9-,10-,11-/m0/s1. The van der Waals surface area contributed by atoms with Crippen LogP contribution in [-0.2, 0) is 42.9 Å². The van der Waals surface area contributed by atoms with Gasteiger partial charge in [-0.05, 0) is 27.7 Å². The summed E-state index contributed by atoms with van der Waals surface area (Å²) in [5.74, 6) is -5.47. The molecule has 0 aliphatic carbocycles. The summed E-state index contributed by atoms with van der Waals surface area (Å²) >= 11 is 0. The van der Waals surface area contributed by atoms with E-state index in [1.807, 2.05) is 0 Å². The van der Waals surface area contributed by atoms with Crippen LogP contribution in [0.2, 0.25) is 0 Å². The molecule has 10 nitrogen and oxygen atoms in total. The van der Waals surface area contributed by atoms with E-state index >= 15 is 0 Å². The first-order chi connectivity index (χ1) is 11.9. The Hall–Kier alpha value is -2.65. The summed E-state index contributed by atoms with van der Waals surface area (Å²) in [6.07, 6.45) is -5.41. The van der Waals surface area contributed by atoms with Gasteiger partial charge in [-0.25, -0.2) is 19.2 Å². The number of hydrogen-bond donors (Lipinski definition) is 1. The normalized spacial score (nSPS) is 15.2. The number of carboxylic acids is 1. The lowest BCUT2D eigenvalue weighted by atomic mass is 10.2. The zero-order chi connectivity index (χ0) is 20.6. The van der Waals surface area contributed by atoms with Gasteiger partial charge in [-0.2, -0.15) is 0 Å². The minimum absolute atomic E-state index is 0.437. The predicted molar refractivity (Wildman–Crippen MR) is 84.7 cm³/mol. The SMILES string of the molecule is CC(C)C(=O)O[C@@H](C)C(=O)O[C@@H](C)C(=O)O[C@@H](C)C(=O)O[C@@H](C)C(=O)O. The van der Waals surface area contributed by atoms with Gasteiger partial charge in [0, 0.05) is 0 Å². The van der Waals surface area contributed by atoms with Crippen molar-refractivity contribution in [3.05, 3.63) is 0 Å². The van der Waals surface area contributed by atoms with Crippen LogP contribution < -0.4 is 0 Å². The molecule has 10 heteroatoms. The smallest absolute Gasteiger partial charge is 0.347 e. The third-order valence-electron chi connectivity index (χ3n) is 2.99. The quantitative estimate of drug-likeness (QED) is 0.445. The average molecular weight is 376 g/mol. The fourth-order valence-electron chi connectivity index (χ4n) is 1.32. The summed E-state index contributed by atoms with van der Waals surface area (Å²) in [6, 6.07) is 0. The number of carbonyl (C=O) groups is 5. The van der Waals surface area contributed by atoms with E-state index in [1.54, 1.807) is 13.8 Å². The largest absolute Gasteiger partial charge is 0.479 e. The zero-order valence-corrected chi connectivity index (χ0v) is 15.5. The number of carboxylic acid groups (broad SMARTS) is 1. The number of rotatable bonds is 9. The molecular formula is C16H24O10. The van der Waals surface area contributed by atoms with Gasteiger partial charge < -0.3 is 24.1 Å². The van der Waals surface area contributed by atoms with E-state index in [4.69, 9.17) is 19.3 Å². The molecule has 0 aromatic carbocycles. The average Bonchev–Trinajstić information content (AvgIpc) is 2.53. The molecule has 0 aromatic heterocycles. The topological polar surface area (TPSA) is 143 Å². The van der Waals surface area contributed by atoms with E-state index in [9.17, 15) is 24.0 Å². The number of aliphatic carboxylic acids is 1. The van der Waals surface area contributed by atoms with Crippen LogP contribution in [0.5, 0.6) is 0 Å². The van der Waals surface area contributed by atoms with Crippen molar-refractivity contribution in [1.82, 2.24) is 0 Å². The molecule has 0 spiro atoms. The molecular weight excluding hydrogens is 352 g/mol. The van der Waals surface area contributed by atoms with Gasteiger partial charge in [-0.15, -0.1) is 0 Å². The van der Waals surface area contributed by atoms with Gasteiger partial charge in [-0.3, -0.25) is 4.79 Å². The first-order valence-electron chi connectivity index (χ1n) is 7.91. The summed E-state index contributed by atoms with van der Waals surface area (Å²) in [6.45, 7) is 7.98. The van der Waals surface area contributed by atoms with E-state index in [2.05, 4.69) is 4.74 Å². The second kappa shape index (κ2) is 10.4. The third kappa shape index (κ3) is 7.95. The lowest BCUT2D eigenvalue weighted by molar-refractivity contribution is -0.184. The molecule has 0 amide bonds. The van der Waals surface area contributed by atoms with E-state index in [-0.39, 0.29) is 0 Å². The predicted octanol–water partition coefficient (Wildman–Crippen LogP) is 0.454. The molecule has 26 heavy (non-hydrogen) atoms. The molecule has 0 aromatic rings. The Labute approximate surface area is 150 Å². The Morgan fingerprint density at radius 1 is 0.538 bits per heavy atom. The van der Waals surface area contributed by atoms with Gasteiger partial charge >= 0.3 is 29.8 Å². The molecule has 0 aliphatic rings. The fourth-order valence-corrected chi connectivity index (χ4v) is 1.32. The monoisotopic (exact) mass is 376 g/mol. The zero-order valence-electron chi connectivity index (χ0n) is 15.5. The van der Waals surface area contributed by atoms with Crippen molar-refractivity contribution in [3.8, 4) is 0 Å².